The van der Waals surface area contributed by atoms with Gasteiger partial charge in [-0.1, -0.05) is 18.7 Å². The lowest BCUT2D eigenvalue weighted by molar-refractivity contribution is -0.00487. The van der Waals surface area contributed by atoms with Crippen molar-refractivity contribution in [1.82, 2.24) is 30.0 Å². The first-order chi connectivity index (χ1) is 17.6. The highest BCUT2D eigenvalue weighted by Gasteiger charge is 2.25. The number of carbonyl (C=O) groups is 2. The van der Waals surface area contributed by atoms with Crippen LogP contribution >= 0.6 is 0 Å². The van der Waals surface area contributed by atoms with Crippen LogP contribution in [0.25, 0.3) is 5.57 Å². The maximum absolute atomic E-state index is 12.8. The van der Waals surface area contributed by atoms with Crippen LogP contribution in [0.1, 0.15) is 66.9 Å². The van der Waals surface area contributed by atoms with Crippen LogP contribution in [0.15, 0.2) is 42.8 Å². The summed E-state index contributed by atoms with van der Waals surface area (Å²) in [6.07, 6.45) is 10.5. The van der Waals surface area contributed by atoms with E-state index in [1.165, 1.54) is 0 Å². The van der Waals surface area contributed by atoms with E-state index in [4.69, 9.17) is 4.74 Å². The van der Waals surface area contributed by atoms with Crippen LogP contribution < -0.4 is 5.32 Å². The van der Waals surface area contributed by atoms with Gasteiger partial charge in [-0.25, -0.2) is 4.79 Å². The van der Waals surface area contributed by atoms with Gasteiger partial charge in [0.2, 0.25) is 0 Å². The van der Waals surface area contributed by atoms with E-state index in [1.807, 2.05) is 19.1 Å². The summed E-state index contributed by atoms with van der Waals surface area (Å²) in [5.41, 5.74) is 2.37. The van der Waals surface area contributed by atoms with Crippen molar-refractivity contribution in [3.8, 4) is 0 Å². The molecule has 4 heterocycles. The Morgan fingerprint density at radius 1 is 1.22 bits per heavy atom. The topological polar surface area (TPSA) is 122 Å². The summed E-state index contributed by atoms with van der Waals surface area (Å²) in [5.74, 6) is 1.51. The SMILES string of the molecule is C=C(/C=C\C=C(/C)c1nnc2n1CCCC2)NC(=O)c1cc2c(cn1)CCN(C(=O)OCC(C)(C)O)C2. The summed E-state index contributed by atoms with van der Waals surface area (Å²) in [5, 5.41) is 21.2. The smallest absolute Gasteiger partial charge is 0.410 e. The quantitative estimate of drug-likeness (QED) is 0.553. The van der Waals surface area contributed by atoms with Gasteiger partial charge in [-0.2, -0.15) is 0 Å². The number of fused-ring (bicyclic) bond motifs is 2. The number of hydrogen-bond acceptors (Lipinski definition) is 7. The molecule has 0 saturated heterocycles. The molecule has 0 bridgehead atoms. The molecule has 2 aromatic heterocycles. The molecule has 0 fully saturated rings. The highest BCUT2D eigenvalue weighted by atomic mass is 16.6. The van der Waals surface area contributed by atoms with Gasteiger partial charge < -0.3 is 24.6 Å². The van der Waals surface area contributed by atoms with Crippen molar-refractivity contribution in [2.24, 2.45) is 0 Å². The minimum atomic E-state index is -1.10. The van der Waals surface area contributed by atoms with Crippen LogP contribution in [0.5, 0.6) is 0 Å². The zero-order valence-electron chi connectivity index (χ0n) is 21.7. The van der Waals surface area contributed by atoms with Crippen LogP contribution in [0, 0.1) is 0 Å². The molecule has 0 aromatic carbocycles. The summed E-state index contributed by atoms with van der Waals surface area (Å²) in [4.78, 5) is 31.0. The number of aryl methyl sites for hydroxylation is 1. The van der Waals surface area contributed by atoms with E-state index in [0.29, 0.717) is 25.2 Å². The summed E-state index contributed by atoms with van der Waals surface area (Å²) in [6.45, 7) is 10.7. The Morgan fingerprint density at radius 2 is 2.03 bits per heavy atom. The molecule has 2 amide bonds. The van der Waals surface area contributed by atoms with Crippen LogP contribution in [0.2, 0.25) is 0 Å². The lowest BCUT2D eigenvalue weighted by Gasteiger charge is -2.29. The molecule has 4 rings (SSSR count). The average molecular weight is 507 g/mol. The fourth-order valence-electron chi connectivity index (χ4n) is 4.28. The molecule has 0 unspecified atom stereocenters. The molecule has 0 radical (unpaired) electrons. The molecule has 0 saturated carbocycles. The van der Waals surface area contributed by atoms with E-state index in [0.717, 1.165) is 54.2 Å². The summed E-state index contributed by atoms with van der Waals surface area (Å²) < 4.78 is 7.37. The van der Waals surface area contributed by atoms with Crippen LogP contribution in [-0.2, 0) is 30.7 Å². The summed E-state index contributed by atoms with van der Waals surface area (Å²) >= 11 is 0. The lowest BCUT2D eigenvalue weighted by Crippen LogP contribution is -2.39. The monoisotopic (exact) mass is 506 g/mol. The molecule has 2 aliphatic heterocycles. The number of carbonyl (C=O) groups excluding carboxylic acids is 2. The first kappa shape index (κ1) is 26.3. The van der Waals surface area contributed by atoms with Crippen molar-refractivity contribution in [3.63, 3.8) is 0 Å². The van der Waals surface area contributed by atoms with Gasteiger partial charge in [0.25, 0.3) is 5.91 Å². The standard InChI is InChI=1S/C27H34N6O4/c1-18(24-31-30-23-10-5-6-12-33(23)24)8-7-9-19(2)29-25(34)22-14-21-16-32(13-11-20(21)15-28-22)26(35)37-17-27(3,4)36/h7-9,14-15,36H,2,5-6,10-13,16-17H2,1,3-4H3,(H,29,34)/b9-7-,18-8+. The van der Waals surface area contributed by atoms with Gasteiger partial charge in [0, 0.05) is 37.9 Å². The molecular formula is C27H34N6O4. The van der Waals surface area contributed by atoms with E-state index in [2.05, 4.69) is 31.6 Å². The normalized spacial score (nSPS) is 15.8. The largest absolute Gasteiger partial charge is 0.446 e. The Labute approximate surface area is 216 Å². The van der Waals surface area contributed by atoms with Gasteiger partial charge in [0.1, 0.15) is 18.1 Å². The number of rotatable bonds is 7. The molecule has 37 heavy (non-hydrogen) atoms. The number of nitrogens with zero attached hydrogens (tertiary/aromatic N) is 5. The van der Waals surface area contributed by atoms with Crippen molar-refractivity contribution in [3.05, 3.63) is 71.2 Å². The number of pyridine rings is 1. The molecule has 0 aliphatic carbocycles. The molecule has 10 heteroatoms. The molecule has 0 spiro atoms. The van der Waals surface area contributed by atoms with E-state index < -0.39 is 11.7 Å². The van der Waals surface area contributed by atoms with Crippen LogP contribution in [0.4, 0.5) is 4.79 Å². The molecule has 0 atom stereocenters. The third-order valence-corrected chi connectivity index (χ3v) is 6.26. The summed E-state index contributed by atoms with van der Waals surface area (Å²) in [7, 11) is 0. The fraction of sp³-hybridized carbons (Fsp3) is 0.444. The number of allylic oxidation sites excluding steroid dienone is 4. The van der Waals surface area contributed by atoms with Gasteiger partial charge in [-0.3, -0.25) is 9.78 Å². The van der Waals surface area contributed by atoms with Gasteiger partial charge in [0.15, 0.2) is 5.82 Å². The molecule has 2 N–H and O–H groups in total. The fourth-order valence-corrected chi connectivity index (χ4v) is 4.28. The second kappa shape index (κ2) is 11.1. The van der Waals surface area contributed by atoms with E-state index in [9.17, 15) is 14.7 Å². The van der Waals surface area contributed by atoms with Gasteiger partial charge in [0.05, 0.1) is 5.60 Å². The zero-order valence-corrected chi connectivity index (χ0v) is 21.7. The van der Waals surface area contributed by atoms with Crippen molar-refractivity contribution >= 4 is 17.6 Å². The third kappa shape index (κ3) is 6.71. The predicted octanol–water partition coefficient (Wildman–Crippen LogP) is 3.18. The Balaban J connectivity index is 1.34. The number of ether oxygens (including phenoxy) is 1. The molecule has 196 valence electrons. The van der Waals surface area contributed by atoms with Crippen molar-refractivity contribution in [1.29, 1.82) is 0 Å². The van der Waals surface area contributed by atoms with Crippen LogP contribution in [-0.4, -0.2) is 60.5 Å². The molecule has 10 nitrogen and oxygen atoms in total. The predicted molar refractivity (Wildman–Crippen MR) is 138 cm³/mol. The number of aliphatic hydroxyl groups is 1. The minimum Gasteiger partial charge on any atom is -0.446 e. The van der Waals surface area contributed by atoms with Gasteiger partial charge in [-0.15, -0.1) is 10.2 Å². The van der Waals surface area contributed by atoms with E-state index in [-0.39, 0.29) is 18.2 Å². The number of nitrogens with one attached hydrogen (secondary N) is 1. The summed E-state index contributed by atoms with van der Waals surface area (Å²) in [6, 6.07) is 1.69. The number of amides is 2. The van der Waals surface area contributed by atoms with Crippen molar-refractivity contribution in [2.45, 2.75) is 65.1 Å². The second-order valence-corrected chi connectivity index (χ2v) is 10.1. The molecule has 2 aromatic rings. The van der Waals surface area contributed by atoms with Gasteiger partial charge in [-0.05, 0) is 68.9 Å². The Bertz CT molecular complexity index is 1250. The third-order valence-electron chi connectivity index (χ3n) is 6.26. The first-order valence-corrected chi connectivity index (χ1v) is 12.5. The van der Waals surface area contributed by atoms with E-state index in [1.54, 1.807) is 37.1 Å². The van der Waals surface area contributed by atoms with Crippen molar-refractivity contribution in [2.75, 3.05) is 13.2 Å². The maximum Gasteiger partial charge on any atom is 0.410 e. The highest BCUT2D eigenvalue weighted by Crippen LogP contribution is 2.21. The number of hydrogen-bond donors (Lipinski definition) is 2. The zero-order chi connectivity index (χ0) is 26.6. The number of aromatic nitrogens is 4. The molecular weight excluding hydrogens is 472 g/mol. The Hall–Kier alpha value is -3.79. The Kier molecular flexibility index (Phi) is 7.87. The second-order valence-electron chi connectivity index (χ2n) is 10.1. The lowest BCUT2D eigenvalue weighted by atomic mass is 10.0. The highest BCUT2D eigenvalue weighted by molar-refractivity contribution is 5.94. The maximum atomic E-state index is 12.8. The minimum absolute atomic E-state index is 0.0925. The van der Waals surface area contributed by atoms with E-state index >= 15 is 0 Å². The average Bonchev–Trinajstić information content (AvgIpc) is 3.30. The van der Waals surface area contributed by atoms with Crippen molar-refractivity contribution < 1.29 is 19.4 Å². The first-order valence-electron chi connectivity index (χ1n) is 12.5. The van der Waals surface area contributed by atoms with Crippen LogP contribution in [0.3, 0.4) is 0 Å². The molecule has 2 aliphatic rings. The van der Waals surface area contributed by atoms with Gasteiger partial charge >= 0.3 is 6.09 Å². The Morgan fingerprint density at radius 3 is 2.81 bits per heavy atom.